The van der Waals surface area contributed by atoms with E-state index in [1.165, 1.54) is 0 Å². The van der Waals surface area contributed by atoms with E-state index in [9.17, 15) is 13.5 Å². The molecule has 0 amide bonds. The summed E-state index contributed by atoms with van der Waals surface area (Å²) in [7, 11) is -1.49. The summed E-state index contributed by atoms with van der Waals surface area (Å²) in [6.07, 6.45) is 2.83. The molecule has 0 saturated carbocycles. The lowest BCUT2D eigenvalue weighted by molar-refractivity contribution is 0.00302. The maximum Gasteiger partial charge on any atom is 0.156 e. The lowest BCUT2D eigenvalue weighted by Gasteiger charge is -2.44. The maximum atomic E-state index is 12.3. The van der Waals surface area contributed by atoms with Gasteiger partial charge >= 0.3 is 0 Å². The summed E-state index contributed by atoms with van der Waals surface area (Å²) < 4.78 is 30.0. The molecule has 1 aromatic carbocycles. The number of hydrogen-bond donors (Lipinski definition) is 1. The van der Waals surface area contributed by atoms with Crippen LogP contribution in [0.4, 0.5) is 0 Å². The Morgan fingerprint density at radius 1 is 1.20 bits per heavy atom. The quantitative estimate of drug-likeness (QED) is 0.907. The Hall–Kier alpha value is -1.07. The highest BCUT2D eigenvalue weighted by atomic mass is 32.2. The van der Waals surface area contributed by atoms with Crippen molar-refractivity contribution < 1.29 is 18.3 Å². The van der Waals surface area contributed by atoms with Gasteiger partial charge in [-0.25, -0.2) is 8.42 Å². The predicted octanol–water partition coefficient (Wildman–Crippen LogP) is 2.01. The molecule has 1 N–H and O–H groups in total. The van der Waals surface area contributed by atoms with Crippen LogP contribution >= 0.6 is 0 Å². The van der Waals surface area contributed by atoms with Crippen molar-refractivity contribution in [1.82, 2.24) is 0 Å². The molecule has 2 bridgehead atoms. The number of fused-ring (bicyclic) bond motifs is 2. The summed E-state index contributed by atoms with van der Waals surface area (Å²) in [5.41, 5.74) is -0.373. The molecule has 0 radical (unpaired) electrons. The van der Waals surface area contributed by atoms with Gasteiger partial charge in [0.15, 0.2) is 9.84 Å². The monoisotopic (exact) mass is 296 g/mol. The Morgan fingerprint density at radius 3 is 2.40 bits per heavy atom. The first-order valence-electron chi connectivity index (χ1n) is 7.06. The molecule has 2 fully saturated rings. The molecule has 4 nitrogen and oxygen atoms in total. The molecule has 2 unspecified atom stereocenters. The van der Waals surface area contributed by atoms with E-state index in [-0.39, 0.29) is 12.8 Å². The van der Waals surface area contributed by atoms with Crippen LogP contribution in [0.2, 0.25) is 0 Å². The second-order valence-electron chi connectivity index (χ2n) is 5.90. The molecular formula is C15H20O4S. The van der Waals surface area contributed by atoms with Crippen LogP contribution in [0.3, 0.4) is 0 Å². The summed E-state index contributed by atoms with van der Waals surface area (Å²) in [5.74, 6) is 0.632. The zero-order valence-electron chi connectivity index (χ0n) is 11.6. The van der Waals surface area contributed by atoms with Crippen LogP contribution in [0.1, 0.15) is 37.7 Å². The van der Waals surface area contributed by atoms with Gasteiger partial charge in [0.1, 0.15) is 5.75 Å². The first kappa shape index (κ1) is 13.9. The first-order valence-corrected chi connectivity index (χ1v) is 8.67. The third-order valence-electron chi connectivity index (χ3n) is 4.72. The van der Waals surface area contributed by atoms with Crippen molar-refractivity contribution in [1.29, 1.82) is 0 Å². The number of ether oxygens (including phenoxy) is 1. The molecule has 20 heavy (non-hydrogen) atoms. The van der Waals surface area contributed by atoms with Crippen molar-refractivity contribution in [3.8, 4) is 5.75 Å². The van der Waals surface area contributed by atoms with Crippen LogP contribution < -0.4 is 4.74 Å². The van der Waals surface area contributed by atoms with E-state index < -0.39 is 25.9 Å². The lowest BCUT2D eigenvalue weighted by atomic mass is 9.80. The van der Waals surface area contributed by atoms with Crippen LogP contribution in [0.5, 0.6) is 5.75 Å². The number of hydrogen-bond acceptors (Lipinski definition) is 4. The van der Waals surface area contributed by atoms with E-state index in [1.54, 1.807) is 7.11 Å². The topological polar surface area (TPSA) is 63.6 Å². The molecule has 0 spiro atoms. The van der Waals surface area contributed by atoms with Crippen LogP contribution in [-0.4, -0.2) is 31.1 Å². The van der Waals surface area contributed by atoms with E-state index in [4.69, 9.17) is 4.74 Å². The van der Waals surface area contributed by atoms with Crippen molar-refractivity contribution in [2.75, 3.05) is 7.11 Å². The Bertz CT molecular complexity index is 588. The van der Waals surface area contributed by atoms with E-state index in [0.717, 1.165) is 6.42 Å². The average Bonchev–Trinajstić information content (AvgIpc) is 2.41. The van der Waals surface area contributed by atoms with Gasteiger partial charge in [-0.2, -0.15) is 0 Å². The molecule has 110 valence electrons. The van der Waals surface area contributed by atoms with Crippen LogP contribution in [0.25, 0.3) is 0 Å². The average molecular weight is 296 g/mol. The Balaban J connectivity index is 2.02. The second-order valence-corrected chi connectivity index (χ2v) is 8.42. The molecule has 2 atom stereocenters. The smallest absolute Gasteiger partial charge is 0.156 e. The third kappa shape index (κ3) is 2.04. The lowest BCUT2D eigenvalue weighted by Crippen LogP contribution is -2.50. The van der Waals surface area contributed by atoms with E-state index in [0.29, 0.717) is 24.2 Å². The molecule has 1 aromatic rings. The van der Waals surface area contributed by atoms with Crippen molar-refractivity contribution in [3.05, 3.63) is 29.8 Å². The minimum Gasteiger partial charge on any atom is -0.496 e. The fourth-order valence-corrected chi connectivity index (χ4v) is 6.25. The van der Waals surface area contributed by atoms with Crippen LogP contribution in [-0.2, 0) is 15.4 Å². The number of sulfone groups is 1. The van der Waals surface area contributed by atoms with Crippen molar-refractivity contribution in [2.24, 2.45) is 0 Å². The summed E-state index contributed by atoms with van der Waals surface area (Å²) in [6, 6.07) is 7.36. The van der Waals surface area contributed by atoms with Gasteiger partial charge in [0.25, 0.3) is 0 Å². The number of rotatable bonds is 2. The molecular weight excluding hydrogens is 276 g/mol. The fourth-order valence-electron chi connectivity index (χ4n) is 3.70. The van der Waals surface area contributed by atoms with Gasteiger partial charge < -0.3 is 9.84 Å². The number of benzene rings is 1. The molecule has 2 aliphatic heterocycles. The fraction of sp³-hybridized carbons (Fsp3) is 0.600. The Labute approximate surface area is 119 Å². The van der Waals surface area contributed by atoms with Gasteiger partial charge in [0.2, 0.25) is 0 Å². The van der Waals surface area contributed by atoms with Crippen LogP contribution in [0, 0.1) is 0 Å². The minimum atomic E-state index is -3.06. The summed E-state index contributed by atoms with van der Waals surface area (Å²) in [4.78, 5) is 0. The standard InChI is InChI=1S/C15H20O4S/c1-19-14-8-3-2-7-13(14)15(16)9-11-5-4-6-12(10-15)20(11,17)18/h2-3,7-8,11-12,16H,4-6,9-10H2,1H3. The summed E-state index contributed by atoms with van der Waals surface area (Å²) >= 11 is 0. The maximum absolute atomic E-state index is 12.3. The summed E-state index contributed by atoms with van der Waals surface area (Å²) in [5, 5.41) is 10.2. The zero-order chi connectivity index (χ0) is 14.4. The molecule has 5 heteroatoms. The van der Waals surface area contributed by atoms with Crippen molar-refractivity contribution in [3.63, 3.8) is 0 Å². The molecule has 2 heterocycles. The van der Waals surface area contributed by atoms with Crippen LogP contribution in [0.15, 0.2) is 24.3 Å². The Morgan fingerprint density at radius 2 is 1.80 bits per heavy atom. The van der Waals surface area contributed by atoms with Gasteiger partial charge in [0.05, 0.1) is 23.2 Å². The van der Waals surface area contributed by atoms with E-state index >= 15 is 0 Å². The van der Waals surface area contributed by atoms with E-state index in [1.807, 2.05) is 24.3 Å². The number of aliphatic hydroxyl groups is 1. The largest absolute Gasteiger partial charge is 0.496 e. The highest BCUT2D eigenvalue weighted by molar-refractivity contribution is 7.92. The molecule has 0 aliphatic carbocycles. The highest BCUT2D eigenvalue weighted by Crippen LogP contribution is 2.47. The number of para-hydroxylation sites is 1. The summed E-state index contributed by atoms with van der Waals surface area (Å²) in [6.45, 7) is 0. The Kier molecular flexibility index (Phi) is 3.29. The van der Waals surface area contributed by atoms with Gasteiger partial charge in [-0.15, -0.1) is 0 Å². The van der Waals surface area contributed by atoms with Gasteiger partial charge in [-0.1, -0.05) is 24.6 Å². The molecule has 2 aliphatic rings. The van der Waals surface area contributed by atoms with Gasteiger partial charge in [0, 0.05) is 5.56 Å². The van der Waals surface area contributed by atoms with Gasteiger partial charge in [-0.3, -0.25) is 0 Å². The predicted molar refractivity (Wildman–Crippen MR) is 76.5 cm³/mol. The zero-order valence-corrected chi connectivity index (χ0v) is 12.4. The first-order chi connectivity index (χ1) is 9.47. The highest BCUT2D eigenvalue weighted by Gasteiger charge is 2.51. The SMILES string of the molecule is COc1ccccc1C1(O)CC2CCCC(C1)S2(=O)=O. The molecule has 3 rings (SSSR count). The second kappa shape index (κ2) is 4.74. The van der Waals surface area contributed by atoms with Crippen molar-refractivity contribution in [2.45, 2.75) is 48.2 Å². The molecule has 0 aromatic heterocycles. The molecule has 2 saturated heterocycles. The normalized spacial score (nSPS) is 35.5. The van der Waals surface area contributed by atoms with Gasteiger partial charge in [-0.05, 0) is 31.7 Å². The minimum absolute atomic E-state index is 0.284. The number of methoxy groups -OCH3 is 1. The van der Waals surface area contributed by atoms with E-state index in [2.05, 4.69) is 0 Å². The third-order valence-corrected chi connectivity index (χ3v) is 7.38. The van der Waals surface area contributed by atoms with Crippen molar-refractivity contribution >= 4 is 9.84 Å².